The molecule has 13 heavy (non-hydrogen) atoms. The molecule has 0 heteroatoms. The van der Waals surface area contributed by atoms with E-state index in [9.17, 15) is 0 Å². The van der Waals surface area contributed by atoms with Gasteiger partial charge in [-0.2, -0.15) is 0 Å². The van der Waals surface area contributed by atoms with Gasteiger partial charge in [-0.1, -0.05) is 52.0 Å². The van der Waals surface area contributed by atoms with Crippen molar-refractivity contribution < 1.29 is 0 Å². The van der Waals surface area contributed by atoms with Gasteiger partial charge in [0, 0.05) is 0 Å². The van der Waals surface area contributed by atoms with Gasteiger partial charge < -0.3 is 0 Å². The Hall–Kier alpha value is -0.780. The van der Waals surface area contributed by atoms with E-state index in [1.54, 1.807) is 0 Å². The molecule has 0 atom stereocenters. The zero-order valence-electron chi connectivity index (χ0n) is 9.09. The molecule has 0 spiro atoms. The Kier molecular flexibility index (Phi) is 3.13. The molecule has 0 aliphatic rings. The lowest BCUT2D eigenvalue weighted by atomic mass is 9.86. The number of hydrogen-bond acceptors (Lipinski definition) is 0. The molecular weight excluding hydrogens is 156 g/mol. The minimum atomic E-state index is 0.269. The van der Waals surface area contributed by atoms with E-state index in [4.69, 9.17) is 0 Å². The maximum atomic E-state index is 2.24. The molecule has 0 amide bonds. The maximum Gasteiger partial charge on any atom is -0.00958 e. The second-order valence-electron chi connectivity index (χ2n) is 4.48. The van der Waals surface area contributed by atoms with Crippen molar-refractivity contribution in [1.82, 2.24) is 0 Å². The van der Waals surface area contributed by atoms with Gasteiger partial charge in [0.25, 0.3) is 0 Å². The lowest BCUT2D eigenvalue weighted by Crippen LogP contribution is -2.10. The molecule has 1 aromatic rings. The lowest BCUT2D eigenvalue weighted by Gasteiger charge is -2.19. The zero-order chi connectivity index (χ0) is 9.90. The summed E-state index contributed by atoms with van der Waals surface area (Å²) in [5, 5.41) is 0. The smallest absolute Gasteiger partial charge is 0.00958 e. The summed E-state index contributed by atoms with van der Waals surface area (Å²) >= 11 is 0. The molecule has 0 fully saturated rings. The van der Waals surface area contributed by atoms with Gasteiger partial charge in [-0.05, 0) is 29.4 Å². The Morgan fingerprint density at radius 2 is 1.62 bits per heavy atom. The summed E-state index contributed by atoms with van der Waals surface area (Å²) in [6.07, 6.45) is 3.35. The molecule has 0 aliphatic carbocycles. The molecule has 0 nitrogen and oxygen atoms in total. The predicted molar refractivity (Wildman–Crippen MR) is 58.8 cm³/mol. The standard InChI is InChI=1S/C13H19/c1-5-6-11-7-9-12(10-8-11)13(2,3)4/h6-10H,5H2,1-4H3. The Labute approximate surface area is 82.0 Å². The van der Waals surface area contributed by atoms with Crippen LogP contribution in [-0.2, 0) is 5.41 Å². The quantitative estimate of drug-likeness (QED) is 0.638. The van der Waals surface area contributed by atoms with Gasteiger partial charge in [0.1, 0.15) is 0 Å². The van der Waals surface area contributed by atoms with Crippen LogP contribution in [0.25, 0.3) is 0 Å². The molecule has 0 unspecified atom stereocenters. The number of hydrogen-bond donors (Lipinski definition) is 0. The van der Waals surface area contributed by atoms with E-state index in [-0.39, 0.29) is 5.41 Å². The van der Waals surface area contributed by atoms with Gasteiger partial charge in [-0.3, -0.25) is 0 Å². The molecule has 1 aromatic carbocycles. The molecule has 0 aromatic heterocycles. The summed E-state index contributed by atoms with van der Waals surface area (Å²) in [7, 11) is 0. The molecule has 1 rings (SSSR count). The fourth-order valence-corrected chi connectivity index (χ4v) is 1.35. The van der Waals surface area contributed by atoms with Crippen LogP contribution in [0.1, 0.15) is 45.2 Å². The van der Waals surface area contributed by atoms with Crippen molar-refractivity contribution in [2.75, 3.05) is 0 Å². The van der Waals surface area contributed by atoms with Gasteiger partial charge in [-0.15, -0.1) is 0 Å². The van der Waals surface area contributed by atoms with Crippen molar-refractivity contribution in [3.63, 3.8) is 0 Å². The molecule has 0 heterocycles. The Bertz CT molecular complexity index is 248. The van der Waals surface area contributed by atoms with E-state index in [0.29, 0.717) is 0 Å². The van der Waals surface area contributed by atoms with Crippen LogP contribution >= 0.6 is 0 Å². The third kappa shape index (κ3) is 2.87. The SMILES string of the molecule is CC[CH]c1ccc(C(C)(C)C)cc1. The highest BCUT2D eigenvalue weighted by Gasteiger charge is 2.12. The molecule has 1 radical (unpaired) electrons. The predicted octanol–water partition coefficient (Wildman–Crippen LogP) is 3.95. The molecule has 0 bridgehead atoms. The van der Waals surface area contributed by atoms with Crippen molar-refractivity contribution in [3.8, 4) is 0 Å². The van der Waals surface area contributed by atoms with Crippen LogP contribution in [0.2, 0.25) is 0 Å². The third-order valence-corrected chi connectivity index (χ3v) is 2.22. The summed E-state index contributed by atoms with van der Waals surface area (Å²) in [6, 6.07) is 8.84. The summed E-state index contributed by atoms with van der Waals surface area (Å²) < 4.78 is 0. The van der Waals surface area contributed by atoms with Gasteiger partial charge in [-0.25, -0.2) is 0 Å². The fourth-order valence-electron chi connectivity index (χ4n) is 1.35. The average molecular weight is 175 g/mol. The first-order valence-electron chi connectivity index (χ1n) is 4.98. The molecule has 71 valence electrons. The topological polar surface area (TPSA) is 0 Å². The first kappa shape index (κ1) is 10.3. The Balaban J connectivity index is 2.81. The third-order valence-electron chi connectivity index (χ3n) is 2.22. The molecular formula is C13H19. The Morgan fingerprint density at radius 1 is 1.08 bits per heavy atom. The first-order chi connectivity index (χ1) is 6.04. The number of benzene rings is 1. The van der Waals surface area contributed by atoms with E-state index in [0.717, 1.165) is 6.42 Å². The van der Waals surface area contributed by atoms with Crippen molar-refractivity contribution in [2.24, 2.45) is 0 Å². The van der Waals surface area contributed by atoms with Crippen molar-refractivity contribution >= 4 is 0 Å². The number of rotatable bonds is 2. The van der Waals surface area contributed by atoms with E-state index < -0.39 is 0 Å². The van der Waals surface area contributed by atoms with Crippen LogP contribution < -0.4 is 0 Å². The second kappa shape index (κ2) is 3.95. The van der Waals surface area contributed by atoms with Crippen LogP contribution in [-0.4, -0.2) is 0 Å². The van der Waals surface area contributed by atoms with Gasteiger partial charge in [0.15, 0.2) is 0 Å². The molecule has 0 saturated heterocycles. The highest BCUT2D eigenvalue weighted by molar-refractivity contribution is 5.30. The first-order valence-corrected chi connectivity index (χ1v) is 4.98. The largest absolute Gasteiger partial charge is 0.0648 e. The molecule has 0 aliphatic heterocycles. The van der Waals surface area contributed by atoms with Gasteiger partial charge >= 0.3 is 0 Å². The van der Waals surface area contributed by atoms with Crippen LogP contribution in [0.3, 0.4) is 0 Å². The summed E-state index contributed by atoms with van der Waals surface area (Å²) in [6.45, 7) is 8.89. The summed E-state index contributed by atoms with van der Waals surface area (Å²) in [4.78, 5) is 0. The minimum Gasteiger partial charge on any atom is -0.0648 e. The highest BCUT2D eigenvalue weighted by Crippen LogP contribution is 2.22. The summed E-state index contributed by atoms with van der Waals surface area (Å²) in [5.74, 6) is 0. The van der Waals surface area contributed by atoms with E-state index >= 15 is 0 Å². The van der Waals surface area contributed by atoms with Crippen molar-refractivity contribution in [1.29, 1.82) is 0 Å². The summed E-state index contributed by atoms with van der Waals surface area (Å²) in [5.41, 5.74) is 3.00. The van der Waals surface area contributed by atoms with E-state index in [2.05, 4.69) is 58.4 Å². The van der Waals surface area contributed by atoms with Crippen LogP contribution in [0, 0.1) is 6.42 Å². The molecule has 0 N–H and O–H groups in total. The van der Waals surface area contributed by atoms with Gasteiger partial charge in [0.2, 0.25) is 0 Å². The van der Waals surface area contributed by atoms with Crippen molar-refractivity contribution in [3.05, 3.63) is 41.8 Å². The van der Waals surface area contributed by atoms with Gasteiger partial charge in [0.05, 0.1) is 0 Å². The van der Waals surface area contributed by atoms with E-state index in [1.165, 1.54) is 11.1 Å². The zero-order valence-corrected chi connectivity index (χ0v) is 9.09. The fraction of sp³-hybridized carbons (Fsp3) is 0.462. The normalized spacial score (nSPS) is 11.7. The van der Waals surface area contributed by atoms with Crippen molar-refractivity contribution in [2.45, 2.75) is 39.5 Å². The lowest BCUT2D eigenvalue weighted by molar-refractivity contribution is 0.590. The minimum absolute atomic E-state index is 0.269. The maximum absolute atomic E-state index is 2.24. The van der Waals surface area contributed by atoms with E-state index in [1.807, 2.05) is 0 Å². The van der Waals surface area contributed by atoms with Crippen LogP contribution in [0.4, 0.5) is 0 Å². The average Bonchev–Trinajstić information content (AvgIpc) is 2.04. The van der Waals surface area contributed by atoms with Crippen LogP contribution in [0.15, 0.2) is 24.3 Å². The Morgan fingerprint density at radius 3 is 2.00 bits per heavy atom. The monoisotopic (exact) mass is 175 g/mol. The molecule has 0 saturated carbocycles. The second-order valence-corrected chi connectivity index (χ2v) is 4.48. The highest BCUT2D eigenvalue weighted by atomic mass is 14.2. The van der Waals surface area contributed by atoms with Crippen LogP contribution in [0.5, 0.6) is 0 Å².